The maximum atomic E-state index is 12.5. The number of hydrogen-bond donors (Lipinski definition) is 1. The first-order valence-corrected chi connectivity index (χ1v) is 12.5. The highest BCUT2D eigenvalue weighted by Crippen LogP contribution is 2.49. The minimum atomic E-state index is -0.375. The highest BCUT2D eigenvalue weighted by Gasteiger charge is 2.31. The average Bonchev–Trinajstić information content (AvgIpc) is 2.80. The predicted octanol–water partition coefficient (Wildman–Crippen LogP) is 9.32. The van der Waals surface area contributed by atoms with Crippen LogP contribution in [0.15, 0.2) is 64.8 Å². The summed E-state index contributed by atoms with van der Waals surface area (Å²) in [6, 6.07) is 16.7. The molecule has 0 spiro atoms. The number of aromatic hydroxyl groups is 1. The smallest absolute Gasteiger partial charge is 0.282 e. The summed E-state index contributed by atoms with van der Waals surface area (Å²) in [7, 11) is 0. The van der Waals surface area contributed by atoms with Crippen LogP contribution in [-0.2, 0) is 17.3 Å². The molecule has 190 valence electrons. The van der Waals surface area contributed by atoms with Gasteiger partial charge in [0.25, 0.3) is 5.69 Å². The van der Waals surface area contributed by atoms with Crippen LogP contribution in [0.1, 0.15) is 78.0 Å². The molecule has 0 amide bonds. The highest BCUT2D eigenvalue weighted by molar-refractivity contribution is 5.89. The number of benzene rings is 3. The molecule has 3 aromatic carbocycles. The number of nitrogens with zero attached hydrogens (tertiary/aromatic N) is 3. The summed E-state index contributed by atoms with van der Waals surface area (Å²) in [4.78, 5) is 12.2. The van der Waals surface area contributed by atoms with Gasteiger partial charge in [0.1, 0.15) is 11.4 Å². The third-order valence-corrected chi connectivity index (χ3v) is 6.30. The van der Waals surface area contributed by atoms with E-state index in [0.717, 1.165) is 24.0 Å². The summed E-state index contributed by atoms with van der Waals surface area (Å²) >= 11 is 0. The summed E-state index contributed by atoms with van der Waals surface area (Å²) in [6.45, 7) is 14.4. The fraction of sp³-hybridized carbons (Fsp3) is 0.400. The number of rotatable bonds is 7. The molecule has 6 heteroatoms. The lowest BCUT2D eigenvalue weighted by atomic mass is 9.77. The maximum absolute atomic E-state index is 12.5. The molecule has 0 aliphatic rings. The van der Waals surface area contributed by atoms with Gasteiger partial charge in [0.2, 0.25) is 0 Å². The normalized spacial score (nSPS) is 12.3. The standard InChI is InChI=1S/C30H37N3O3/c1-8-9-13-20-16-17-25(32-31-22-14-11-10-12-15-22)26(27(20)33(35)36)23-18-21(29(2,3)4)19-24(28(23)34)30(5,6)7/h10-12,14-19,34H,8-9,13H2,1-7H3. The van der Waals surface area contributed by atoms with Crippen LogP contribution in [0.25, 0.3) is 11.1 Å². The second-order valence-corrected chi connectivity index (χ2v) is 11.3. The largest absolute Gasteiger partial charge is 0.507 e. The van der Waals surface area contributed by atoms with Gasteiger partial charge in [-0.25, -0.2) is 0 Å². The van der Waals surface area contributed by atoms with Crippen LogP contribution < -0.4 is 0 Å². The Morgan fingerprint density at radius 3 is 2.14 bits per heavy atom. The van der Waals surface area contributed by atoms with Crippen LogP contribution in [0, 0.1) is 10.1 Å². The first-order chi connectivity index (χ1) is 16.8. The molecule has 0 fully saturated rings. The quantitative estimate of drug-likeness (QED) is 0.204. The highest BCUT2D eigenvalue weighted by atomic mass is 16.6. The number of azo groups is 1. The van der Waals surface area contributed by atoms with Gasteiger partial charge in [0, 0.05) is 16.7 Å². The minimum Gasteiger partial charge on any atom is -0.507 e. The van der Waals surface area contributed by atoms with Gasteiger partial charge in [0.15, 0.2) is 0 Å². The molecule has 0 radical (unpaired) electrons. The summed E-state index contributed by atoms with van der Waals surface area (Å²) in [5.74, 6) is 0.0439. The molecule has 0 saturated carbocycles. The number of aryl methyl sites for hydroxylation is 1. The second-order valence-electron chi connectivity index (χ2n) is 11.3. The van der Waals surface area contributed by atoms with Gasteiger partial charge in [-0.05, 0) is 59.6 Å². The first kappa shape index (κ1) is 27.1. The zero-order valence-electron chi connectivity index (χ0n) is 22.4. The Balaban J connectivity index is 2.43. The van der Waals surface area contributed by atoms with Gasteiger partial charge >= 0.3 is 0 Å². The molecule has 0 aliphatic carbocycles. The Bertz CT molecular complexity index is 1270. The van der Waals surface area contributed by atoms with Crippen molar-refractivity contribution < 1.29 is 10.0 Å². The van der Waals surface area contributed by atoms with E-state index in [0.29, 0.717) is 34.5 Å². The van der Waals surface area contributed by atoms with Crippen LogP contribution in [-0.4, -0.2) is 10.0 Å². The van der Waals surface area contributed by atoms with E-state index in [1.54, 1.807) is 12.1 Å². The molecule has 0 aliphatic heterocycles. The molecular weight excluding hydrogens is 450 g/mol. The zero-order valence-corrected chi connectivity index (χ0v) is 22.4. The van der Waals surface area contributed by atoms with Crippen molar-refractivity contribution in [3.63, 3.8) is 0 Å². The molecule has 0 aromatic heterocycles. The Hall–Kier alpha value is -3.54. The van der Waals surface area contributed by atoms with Crippen LogP contribution >= 0.6 is 0 Å². The third-order valence-electron chi connectivity index (χ3n) is 6.30. The second kappa shape index (κ2) is 10.6. The molecular formula is C30H37N3O3. The molecule has 1 N–H and O–H groups in total. The molecule has 0 unspecified atom stereocenters. The molecule has 3 rings (SSSR count). The van der Waals surface area contributed by atoms with Crippen molar-refractivity contribution in [2.24, 2.45) is 10.2 Å². The number of unbranched alkanes of at least 4 members (excludes halogenated alkanes) is 1. The number of phenolic OH excluding ortho intramolecular Hbond substituents is 1. The Kier molecular flexibility index (Phi) is 7.97. The van der Waals surface area contributed by atoms with E-state index in [1.165, 1.54) is 0 Å². The fourth-order valence-corrected chi connectivity index (χ4v) is 4.19. The summed E-state index contributed by atoms with van der Waals surface area (Å²) < 4.78 is 0. The van der Waals surface area contributed by atoms with Crippen molar-refractivity contribution in [3.05, 3.63) is 81.4 Å². The lowest BCUT2D eigenvalue weighted by molar-refractivity contribution is -0.384. The van der Waals surface area contributed by atoms with Crippen molar-refractivity contribution in [1.29, 1.82) is 0 Å². The predicted molar refractivity (Wildman–Crippen MR) is 147 cm³/mol. The van der Waals surface area contributed by atoms with Crippen molar-refractivity contribution in [1.82, 2.24) is 0 Å². The molecule has 0 bridgehead atoms. The van der Waals surface area contributed by atoms with Crippen LogP contribution in [0.2, 0.25) is 0 Å². The first-order valence-electron chi connectivity index (χ1n) is 12.5. The SMILES string of the molecule is CCCCc1ccc(N=Nc2ccccc2)c(-c2cc(C(C)(C)C)cc(C(C)(C)C)c2O)c1[N+](=O)[O-]. The van der Waals surface area contributed by atoms with Crippen molar-refractivity contribution in [3.8, 4) is 16.9 Å². The average molecular weight is 488 g/mol. The van der Waals surface area contributed by atoms with E-state index in [1.807, 2.05) is 63.2 Å². The van der Waals surface area contributed by atoms with Crippen LogP contribution in [0.4, 0.5) is 17.1 Å². The van der Waals surface area contributed by atoms with Crippen LogP contribution in [0.3, 0.4) is 0 Å². The van der Waals surface area contributed by atoms with Gasteiger partial charge in [-0.2, -0.15) is 5.11 Å². The van der Waals surface area contributed by atoms with Gasteiger partial charge in [0.05, 0.1) is 16.2 Å². The minimum absolute atomic E-state index is 0.0193. The van der Waals surface area contributed by atoms with Gasteiger partial charge < -0.3 is 5.11 Å². The number of hydrogen-bond acceptors (Lipinski definition) is 5. The summed E-state index contributed by atoms with van der Waals surface area (Å²) in [6.07, 6.45) is 2.31. The molecule has 6 nitrogen and oxygen atoms in total. The van der Waals surface area contributed by atoms with Gasteiger partial charge in [-0.1, -0.05) is 79.2 Å². The van der Waals surface area contributed by atoms with E-state index in [4.69, 9.17) is 0 Å². The molecule has 36 heavy (non-hydrogen) atoms. The van der Waals surface area contributed by atoms with Gasteiger partial charge in [-0.3, -0.25) is 10.1 Å². The number of nitro groups is 1. The van der Waals surface area contributed by atoms with Crippen LogP contribution in [0.5, 0.6) is 5.75 Å². The topological polar surface area (TPSA) is 88.1 Å². The molecule has 0 atom stereocenters. The van der Waals surface area contributed by atoms with Gasteiger partial charge in [-0.15, -0.1) is 5.11 Å². The summed E-state index contributed by atoms with van der Waals surface area (Å²) in [5, 5.41) is 32.9. The molecule has 3 aromatic rings. The maximum Gasteiger partial charge on any atom is 0.282 e. The molecule has 0 heterocycles. The number of phenols is 1. The van der Waals surface area contributed by atoms with E-state index in [2.05, 4.69) is 37.9 Å². The fourth-order valence-electron chi connectivity index (χ4n) is 4.19. The monoisotopic (exact) mass is 487 g/mol. The lowest BCUT2D eigenvalue weighted by Gasteiger charge is -2.28. The van der Waals surface area contributed by atoms with Crippen molar-refractivity contribution >= 4 is 17.1 Å². The Labute approximate surface area is 214 Å². The third kappa shape index (κ3) is 5.99. The summed E-state index contributed by atoms with van der Waals surface area (Å²) in [5.41, 5.74) is 3.45. The number of nitro benzene ring substituents is 1. The lowest BCUT2D eigenvalue weighted by Crippen LogP contribution is -2.17. The van der Waals surface area contributed by atoms with E-state index in [-0.39, 0.29) is 27.2 Å². The van der Waals surface area contributed by atoms with E-state index >= 15 is 0 Å². The Morgan fingerprint density at radius 2 is 1.58 bits per heavy atom. The van der Waals surface area contributed by atoms with E-state index in [9.17, 15) is 15.2 Å². The van der Waals surface area contributed by atoms with Crippen molar-refractivity contribution in [2.45, 2.75) is 78.6 Å². The molecule has 0 saturated heterocycles. The van der Waals surface area contributed by atoms with E-state index < -0.39 is 0 Å². The van der Waals surface area contributed by atoms with Crippen molar-refractivity contribution in [2.75, 3.05) is 0 Å². The Morgan fingerprint density at radius 1 is 0.917 bits per heavy atom. The zero-order chi connectivity index (χ0) is 26.7.